The summed E-state index contributed by atoms with van der Waals surface area (Å²) in [5, 5.41) is 0. The topological polar surface area (TPSA) is 48.8 Å². The second-order valence-electron chi connectivity index (χ2n) is 7.15. The Hall–Kier alpha value is -1.55. The van der Waals surface area contributed by atoms with Gasteiger partial charge in [-0.2, -0.15) is 0 Å². The van der Waals surface area contributed by atoms with Crippen LogP contribution in [0, 0.1) is 12.3 Å². The molecule has 0 amide bonds. The van der Waals surface area contributed by atoms with Gasteiger partial charge in [-0.15, -0.1) is 0 Å². The largest absolute Gasteiger partial charge is 0.348 e. The van der Waals surface area contributed by atoms with Crippen molar-refractivity contribution < 1.29 is 0 Å². The van der Waals surface area contributed by atoms with Crippen LogP contribution in [0.15, 0.2) is 24.8 Å². The third kappa shape index (κ3) is 2.91. The summed E-state index contributed by atoms with van der Waals surface area (Å²) in [6.07, 6.45) is 9.08. The molecule has 3 rings (SSSR count). The van der Waals surface area contributed by atoms with E-state index < -0.39 is 0 Å². The fourth-order valence-corrected chi connectivity index (χ4v) is 3.65. The lowest BCUT2D eigenvalue weighted by atomic mass is 9.74. The van der Waals surface area contributed by atoms with Crippen molar-refractivity contribution in [2.24, 2.45) is 11.1 Å². The number of hydrogen-bond donors (Lipinski definition) is 1. The molecule has 1 unspecified atom stereocenters. The molecule has 2 aromatic rings. The van der Waals surface area contributed by atoms with Gasteiger partial charge in [0.1, 0.15) is 0 Å². The first-order valence-corrected chi connectivity index (χ1v) is 7.86. The molecule has 0 radical (unpaired) electrons. The van der Waals surface area contributed by atoms with Crippen LogP contribution in [0.1, 0.15) is 49.7 Å². The van der Waals surface area contributed by atoms with E-state index in [1.165, 1.54) is 17.0 Å². The SMILES string of the molecule is Cc1cc2c(n1CCCn1ccnc1)CC(C)(C)CC2N. The van der Waals surface area contributed by atoms with Gasteiger partial charge < -0.3 is 14.9 Å². The van der Waals surface area contributed by atoms with Crippen molar-refractivity contribution in [1.29, 1.82) is 0 Å². The van der Waals surface area contributed by atoms with Gasteiger partial charge in [-0.1, -0.05) is 13.8 Å². The second-order valence-corrected chi connectivity index (χ2v) is 7.15. The van der Waals surface area contributed by atoms with Crippen LogP contribution in [0.2, 0.25) is 0 Å². The fraction of sp³-hybridized carbons (Fsp3) is 0.588. The van der Waals surface area contributed by atoms with Crippen molar-refractivity contribution in [2.75, 3.05) is 0 Å². The minimum atomic E-state index is 0.192. The van der Waals surface area contributed by atoms with Crippen molar-refractivity contribution in [2.45, 2.75) is 59.2 Å². The number of aryl methyl sites for hydroxylation is 2. The van der Waals surface area contributed by atoms with Crippen LogP contribution in [0.3, 0.4) is 0 Å². The highest BCUT2D eigenvalue weighted by Gasteiger charge is 2.33. The van der Waals surface area contributed by atoms with E-state index >= 15 is 0 Å². The number of imidazole rings is 1. The summed E-state index contributed by atoms with van der Waals surface area (Å²) in [4.78, 5) is 4.09. The van der Waals surface area contributed by atoms with Crippen molar-refractivity contribution >= 4 is 0 Å². The molecule has 0 fully saturated rings. The lowest BCUT2D eigenvalue weighted by Gasteiger charge is -2.34. The maximum absolute atomic E-state index is 6.38. The van der Waals surface area contributed by atoms with Crippen molar-refractivity contribution in [3.63, 3.8) is 0 Å². The third-order valence-corrected chi connectivity index (χ3v) is 4.62. The predicted molar refractivity (Wildman–Crippen MR) is 85.0 cm³/mol. The van der Waals surface area contributed by atoms with Gasteiger partial charge >= 0.3 is 0 Å². The number of nitrogens with two attached hydrogens (primary N) is 1. The third-order valence-electron chi connectivity index (χ3n) is 4.62. The van der Waals surface area contributed by atoms with E-state index in [4.69, 9.17) is 5.73 Å². The Kier molecular flexibility index (Phi) is 3.66. The molecule has 4 heteroatoms. The number of rotatable bonds is 4. The fourth-order valence-electron chi connectivity index (χ4n) is 3.65. The van der Waals surface area contributed by atoms with Crippen LogP contribution in [0.25, 0.3) is 0 Å². The highest BCUT2D eigenvalue weighted by molar-refractivity contribution is 5.34. The lowest BCUT2D eigenvalue weighted by molar-refractivity contribution is 0.274. The predicted octanol–water partition coefficient (Wildman–Crippen LogP) is 3.06. The zero-order chi connectivity index (χ0) is 15.0. The molecule has 0 spiro atoms. The van der Waals surface area contributed by atoms with E-state index in [2.05, 4.69) is 41.0 Å². The summed E-state index contributed by atoms with van der Waals surface area (Å²) in [5.74, 6) is 0. The maximum atomic E-state index is 6.38. The van der Waals surface area contributed by atoms with Crippen LogP contribution < -0.4 is 5.73 Å². The van der Waals surface area contributed by atoms with Crippen LogP contribution in [0.5, 0.6) is 0 Å². The van der Waals surface area contributed by atoms with Gasteiger partial charge in [-0.25, -0.2) is 4.98 Å². The average molecular weight is 286 g/mol. The maximum Gasteiger partial charge on any atom is 0.0945 e. The normalized spacial score (nSPS) is 20.5. The van der Waals surface area contributed by atoms with Gasteiger partial charge in [0.05, 0.1) is 6.33 Å². The minimum absolute atomic E-state index is 0.192. The molecule has 2 heterocycles. The van der Waals surface area contributed by atoms with E-state index in [9.17, 15) is 0 Å². The first-order valence-electron chi connectivity index (χ1n) is 7.86. The summed E-state index contributed by atoms with van der Waals surface area (Å²) >= 11 is 0. The Morgan fingerprint density at radius 3 is 2.90 bits per heavy atom. The standard InChI is InChI=1S/C17H26N4/c1-13-9-14-15(18)10-17(2,3)11-16(14)21(13)7-4-6-20-8-5-19-12-20/h5,8-9,12,15H,4,6-7,10-11,18H2,1-3H3. The first-order chi connectivity index (χ1) is 9.96. The smallest absolute Gasteiger partial charge is 0.0945 e. The summed E-state index contributed by atoms with van der Waals surface area (Å²) < 4.78 is 4.62. The Labute approximate surface area is 127 Å². The summed E-state index contributed by atoms with van der Waals surface area (Å²) in [6, 6.07) is 2.49. The van der Waals surface area contributed by atoms with Crippen LogP contribution in [-0.4, -0.2) is 14.1 Å². The molecule has 1 atom stereocenters. The molecule has 0 saturated heterocycles. The Bertz CT molecular complexity index is 607. The number of aromatic nitrogens is 3. The molecule has 21 heavy (non-hydrogen) atoms. The quantitative estimate of drug-likeness (QED) is 0.939. The van der Waals surface area contributed by atoms with Gasteiger partial charge in [0.25, 0.3) is 0 Å². The zero-order valence-electron chi connectivity index (χ0n) is 13.3. The van der Waals surface area contributed by atoms with Crippen LogP contribution >= 0.6 is 0 Å². The van der Waals surface area contributed by atoms with Gasteiger partial charge in [0.2, 0.25) is 0 Å². The van der Waals surface area contributed by atoms with E-state index in [1.54, 1.807) is 0 Å². The Morgan fingerprint density at radius 1 is 1.38 bits per heavy atom. The van der Waals surface area contributed by atoms with Crippen LogP contribution in [-0.2, 0) is 19.5 Å². The lowest BCUT2D eigenvalue weighted by Crippen LogP contribution is -2.30. The molecule has 0 saturated carbocycles. The van der Waals surface area contributed by atoms with Gasteiger partial charge in [-0.05, 0) is 43.2 Å². The molecule has 1 aliphatic carbocycles. The van der Waals surface area contributed by atoms with E-state index in [-0.39, 0.29) is 6.04 Å². The highest BCUT2D eigenvalue weighted by atomic mass is 15.0. The Morgan fingerprint density at radius 2 is 2.19 bits per heavy atom. The molecule has 114 valence electrons. The van der Waals surface area contributed by atoms with E-state index in [1.807, 2.05) is 18.7 Å². The van der Waals surface area contributed by atoms with Crippen molar-refractivity contribution in [3.8, 4) is 0 Å². The molecular formula is C17H26N4. The Balaban J connectivity index is 1.76. The molecule has 0 aromatic carbocycles. The van der Waals surface area contributed by atoms with Crippen LogP contribution in [0.4, 0.5) is 0 Å². The summed E-state index contributed by atoms with van der Waals surface area (Å²) in [6.45, 7) is 8.93. The molecule has 0 aliphatic heterocycles. The highest BCUT2D eigenvalue weighted by Crippen LogP contribution is 2.40. The van der Waals surface area contributed by atoms with Gasteiger partial charge in [0.15, 0.2) is 0 Å². The van der Waals surface area contributed by atoms with E-state index in [0.29, 0.717) is 5.41 Å². The molecule has 1 aliphatic rings. The van der Waals surface area contributed by atoms with Gasteiger partial charge in [0, 0.05) is 42.9 Å². The molecule has 2 aromatic heterocycles. The number of fused-ring (bicyclic) bond motifs is 1. The number of nitrogens with zero attached hydrogens (tertiary/aromatic N) is 3. The first kappa shape index (κ1) is 14.4. The van der Waals surface area contributed by atoms with Gasteiger partial charge in [-0.3, -0.25) is 0 Å². The number of hydrogen-bond acceptors (Lipinski definition) is 2. The molecule has 0 bridgehead atoms. The second kappa shape index (κ2) is 5.34. The zero-order valence-corrected chi connectivity index (χ0v) is 13.3. The van der Waals surface area contributed by atoms with E-state index in [0.717, 1.165) is 32.4 Å². The van der Waals surface area contributed by atoms with Crippen molar-refractivity contribution in [3.05, 3.63) is 41.7 Å². The summed E-state index contributed by atoms with van der Waals surface area (Å²) in [5.41, 5.74) is 10.9. The average Bonchev–Trinajstić information content (AvgIpc) is 2.99. The monoisotopic (exact) mass is 286 g/mol. The van der Waals surface area contributed by atoms with Crippen molar-refractivity contribution in [1.82, 2.24) is 14.1 Å². The summed E-state index contributed by atoms with van der Waals surface area (Å²) in [7, 11) is 0. The molecular weight excluding hydrogens is 260 g/mol. The molecule has 4 nitrogen and oxygen atoms in total. The molecule has 2 N–H and O–H groups in total. The minimum Gasteiger partial charge on any atom is -0.348 e.